The van der Waals surface area contributed by atoms with Crippen LogP contribution in [0.2, 0.25) is 0 Å². The molecule has 0 aliphatic carbocycles. The molecule has 5 rings (SSSR count). The van der Waals surface area contributed by atoms with E-state index in [0.717, 1.165) is 11.1 Å². The molecule has 1 fully saturated rings. The summed E-state index contributed by atoms with van der Waals surface area (Å²) in [5.74, 6) is 4.88. The van der Waals surface area contributed by atoms with Crippen LogP contribution in [0.4, 0.5) is 10.2 Å². The number of rotatable bonds is 9. The number of alkyl halides is 1. The molecule has 16 heteroatoms. The molecular weight excluding hydrogens is 591 g/mol. The van der Waals surface area contributed by atoms with Gasteiger partial charge in [0.1, 0.15) is 12.2 Å². The fraction of sp³-hybridized carbons (Fsp3) is 0.269. The van der Waals surface area contributed by atoms with Crippen molar-refractivity contribution < 1.29 is 42.6 Å². The molecule has 0 saturated carbocycles. The van der Waals surface area contributed by atoms with Gasteiger partial charge in [-0.3, -0.25) is 13.7 Å². The van der Waals surface area contributed by atoms with Gasteiger partial charge >= 0.3 is 15.2 Å². The topological polar surface area (TPSA) is 189 Å². The van der Waals surface area contributed by atoms with Crippen LogP contribution in [-0.2, 0) is 24.9 Å². The van der Waals surface area contributed by atoms with Crippen molar-refractivity contribution in [2.24, 2.45) is 0 Å². The summed E-state index contributed by atoms with van der Waals surface area (Å²) in [5, 5.41) is 13.7. The Labute approximate surface area is 239 Å². The van der Waals surface area contributed by atoms with E-state index in [1.165, 1.54) is 10.9 Å². The number of nitrogens with one attached hydrogen (secondary N) is 1. The van der Waals surface area contributed by atoms with Crippen molar-refractivity contribution in [1.29, 1.82) is 0 Å². The SMILES string of the molecule is O=P(O)(O)CP(=O)(O)OC[C@H]1O[C@@H](n2cnc3c(NCc4ccccc4)nc(C#Cc4ccccc4)nc32)[C@@H](F)[C@@H]1O. The molecule has 5 atom stereocenters. The maximum Gasteiger partial charge on any atom is 0.340 e. The van der Waals surface area contributed by atoms with E-state index >= 15 is 4.39 Å². The third-order valence-electron chi connectivity index (χ3n) is 6.19. The zero-order chi connectivity index (χ0) is 29.9. The van der Waals surface area contributed by atoms with Gasteiger partial charge in [0.05, 0.1) is 12.9 Å². The highest BCUT2D eigenvalue weighted by atomic mass is 31.2. The Kier molecular flexibility index (Phi) is 8.84. The van der Waals surface area contributed by atoms with Crippen molar-refractivity contribution in [3.63, 3.8) is 0 Å². The lowest BCUT2D eigenvalue weighted by molar-refractivity contribution is -0.0425. The molecule has 4 aromatic rings. The maximum atomic E-state index is 15.3. The molecule has 5 N–H and O–H groups in total. The van der Waals surface area contributed by atoms with Gasteiger partial charge in [-0.1, -0.05) is 54.5 Å². The van der Waals surface area contributed by atoms with Gasteiger partial charge in [-0.15, -0.1) is 0 Å². The third kappa shape index (κ3) is 7.28. The number of benzene rings is 2. The summed E-state index contributed by atoms with van der Waals surface area (Å²) in [6.45, 7) is -0.407. The van der Waals surface area contributed by atoms with E-state index in [-0.39, 0.29) is 17.0 Å². The van der Waals surface area contributed by atoms with Gasteiger partial charge in [0.15, 0.2) is 35.3 Å². The number of aromatic nitrogens is 4. The Morgan fingerprint density at radius 1 is 1.02 bits per heavy atom. The van der Waals surface area contributed by atoms with Crippen LogP contribution in [0.15, 0.2) is 67.0 Å². The highest BCUT2D eigenvalue weighted by Gasteiger charge is 2.47. The van der Waals surface area contributed by atoms with Crippen LogP contribution in [-0.4, -0.2) is 70.2 Å². The summed E-state index contributed by atoms with van der Waals surface area (Å²) in [5.41, 5.74) is 2.12. The summed E-state index contributed by atoms with van der Waals surface area (Å²) in [6.07, 6.45) is -5.47. The van der Waals surface area contributed by atoms with Crippen LogP contribution in [0.5, 0.6) is 0 Å². The number of anilines is 1. The maximum absolute atomic E-state index is 15.3. The molecule has 2 aromatic carbocycles. The van der Waals surface area contributed by atoms with Gasteiger partial charge in [0, 0.05) is 12.1 Å². The van der Waals surface area contributed by atoms with E-state index in [4.69, 9.17) is 19.0 Å². The third-order valence-corrected chi connectivity index (χ3v) is 9.64. The zero-order valence-corrected chi connectivity index (χ0v) is 23.6. The van der Waals surface area contributed by atoms with E-state index < -0.39 is 52.3 Å². The Balaban J connectivity index is 1.44. The van der Waals surface area contributed by atoms with E-state index in [9.17, 15) is 19.1 Å². The predicted molar refractivity (Wildman–Crippen MR) is 149 cm³/mol. The number of hydrogen-bond acceptors (Lipinski definition) is 9. The summed E-state index contributed by atoms with van der Waals surface area (Å²) in [4.78, 5) is 41.0. The van der Waals surface area contributed by atoms with Crippen molar-refractivity contribution in [3.05, 3.63) is 83.9 Å². The van der Waals surface area contributed by atoms with Crippen molar-refractivity contribution in [2.75, 3.05) is 17.8 Å². The molecule has 0 bridgehead atoms. The van der Waals surface area contributed by atoms with Crippen LogP contribution in [0.25, 0.3) is 11.2 Å². The summed E-state index contributed by atoms with van der Waals surface area (Å²) >= 11 is 0. The monoisotopic (exact) mass is 617 g/mol. The van der Waals surface area contributed by atoms with Crippen molar-refractivity contribution in [1.82, 2.24) is 19.5 Å². The first-order valence-electron chi connectivity index (χ1n) is 12.6. The Morgan fingerprint density at radius 3 is 2.40 bits per heavy atom. The zero-order valence-electron chi connectivity index (χ0n) is 21.8. The second-order valence-electron chi connectivity index (χ2n) is 9.41. The molecule has 2 aromatic heterocycles. The van der Waals surface area contributed by atoms with E-state index in [1.54, 1.807) is 0 Å². The smallest absolute Gasteiger partial charge is 0.340 e. The lowest BCUT2D eigenvalue weighted by Gasteiger charge is -2.18. The van der Waals surface area contributed by atoms with E-state index in [1.807, 2.05) is 60.7 Å². The molecule has 1 aliphatic rings. The number of fused-ring (bicyclic) bond motifs is 1. The van der Waals surface area contributed by atoms with Gasteiger partial charge in [0.2, 0.25) is 5.82 Å². The Hall–Kier alpha value is -3.50. The number of imidazole rings is 1. The summed E-state index contributed by atoms with van der Waals surface area (Å²) in [7, 11) is -9.63. The van der Waals surface area contributed by atoms with E-state index in [2.05, 4.69) is 32.1 Å². The lowest BCUT2D eigenvalue weighted by Crippen LogP contribution is -2.31. The molecule has 0 radical (unpaired) electrons. The highest BCUT2D eigenvalue weighted by molar-refractivity contribution is 7.70. The second kappa shape index (κ2) is 12.4. The molecule has 0 amide bonds. The molecule has 220 valence electrons. The van der Waals surface area contributed by atoms with Crippen LogP contribution >= 0.6 is 15.2 Å². The largest absolute Gasteiger partial charge is 0.387 e. The molecule has 13 nitrogen and oxygen atoms in total. The molecule has 3 heterocycles. The van der Waals surface area contributed by atoms with Crippen molar-refractivity contribution in [2.45, 2.75) is 31.2 Å². The molecular formula is C26H26FN5O8P2. The van der Waals surface area contributed by atoms with Crippen molar-refractivity contribution in [3.8, 4) is 11.8 Å². The van der Waals surface area contributed by atoms with Gasteiger partial charge in [0.25, 0.3) is 0 Å². The summed E-state index contributed by atoms with van der Waals surface area (Å²) in [6, 6.07) is 18.7. The van der Waals surface area contributed by atoms with E-state index in [0.29, 0.717) is 12.4 Å². The molecule has 1 aliphatic heterocycles. The minimum atomic E-state index is -4.87. The van der Waals surface area contributed by atoms with Gasteiger partial charge < -0.3 is 34.4 Å². The van der Waals surface area contributed by atoms with Gasteiger partial charge in [-0.25, -0.2) is 19.3 Å². The number of nitrogens with zero attached hydrogens (tertiary/aromatic N) is 4. The number of ether oxygens (including phenoxy) is 1. The first-order valence-corrected chi connectivity index (χ1v) is 16.1. The first kappa shape index (κ1) is 30.0. The molecule has 0 spiro atoms. The average molecular weight is 617 g/mol. The molecule has 1 saturated heterocycles. The fourth-order valence-electron chi connectivity index (χ4n) is 4.24. The standard InChI is InChI=1S/C26H26FN5O8P2/c27-21-23(33)19(14-39-42(37,38)16-41(34,35)36)40-26(21)32-15-29-22-24(28-13-18-9-5-2-6-10-18)30-20(31-25(22)32)12-11-17-7-3-1-4-8-17/h1-10,15,19,21,23,26,33H,13-14,16H2,(H,37,38)(H,28,30,31)(H2,34,35,36)/t19-,21+,23-,26-/m1/s1. The number of aliphatic hydroxyl groups excluding tert-OH is 1. The van der Waals surface area contributed by atoms with Gasteiger partial charge in [-0.05, 0) is 23.6 Å². The van der Waals surface area contributed by atoms with Crippen LogP contribution in [0.3, 0.4) is 0 Å². The molecule has 1 unspecified atom stereocenters. The summed E-state index contributed by atoms with van der Waals surface area (Å²) < 4.78 is 50.1. The predicted octanol–water partition coefficient (Wildman–Crippen LogP) is 2.77. The number of aliphatic hydroxyl groups is 1. The number of hydrogen-bond donors (Lipinski definition) is 5. The second-order valence-corrected chi connectivity index (χ2v) is 13.4. The Morgan fingerprint density at radius 2 is 1.71 bits per heavy atom. The first-order chi connectivity index (χ1) is 20.0. The lowest BCUT2D eigenvalue weighted by atomic mass is 10.1. The van der Waals surface area contributed by atoms with Crippen LogP contribution in [0.1, 0.15) is 23.2 Å². The van der Waals surface area contributed by atoms with Crippen LogP contribution in [0, 0.1) is 11.8 Å². The normalized spacial score (nSPS) is 21.9. The quantitative estimate of drug-likeness (QED) is 0.137. The minimum absolute atomic E-state index is 0.108. The minimum Gasteiger partial charge on any atom is -0.387 e. The Bertz CT molecular complexity index is 1710. The molecule has 42 heavy (non-hydrogen) atoms. The average Bonchev–Trinajstić information content (AvgIpc) is 3.49. The fourth-order valence-corrected chi connectivity index (χ4v) is 6.81. The van der Waals surface area contributed by atoms with Crippen molar-refractivity contribution >= 4 is 32.2 Å². The highest BCUT2D eigenvalue weighted by Crippen LogP contribution is 2.55. The number of halogens is 1. The van der Waals surface area contributed by atoms with Crippen LogP contribution < -0.4 is 5.32 Å². The van der Waals surface area contributed by atoms with Gasteiger partial charge in [-0.2, -0.15) is 0 Å².